The predicted molar refractivity (Wildman–Crippen MR) is 95.3 cm³/mol. The highest BCUT2D eigenvalue weighted by molar-refractivity contribution is 5.91. The SMILES string of the molecule is CCc1ccccc1NC(=O)CCNc1cc(C)ccc1OC. The molecule has 23 heavy (non-hydrogen) atoms. The molecule has 0 saturated heterocycles. The van der Waals surface area contributed by atoms with Gasteiger partial charge in [0.25, 0.3) is 0 Å². The van der Waals surface area contributed by atoms with Gasteiger partial charge in [-0.1, -0.05) is 31.2 Å². The number of para-hydroxylation sites is 1. The Labute approximate surface area is 137 Å². The highest BCUT2D eigenvalue weighted by Gasteiger charge is 2.07. The van der Waals surface area contributed by atoms with Crippen molar-refractivity contribution in [3.05, 3.63) is 53.6 Å². The first-order valence-electron chi connectivity index (χ1n) is 7.90. The van der Waals surface area contributed by atoms with Crippen molar-refractivity contribution in [1.82, 2.24) is 0 Å². The van der Waals surface area contributed by atoms with Crippen molar-refractivity contribution in [1.29, 1.82) is 0 Å². The Balaban J connectivity index is 1.89. The van der Waals surface area contributed by atoms with E-state index in [2.05, 4.69) is 17.6 Å². The lowest BCUT2D eigenvalue weighted by Gasteiger charge is -2.13. The van der Waals surface area contributed by atoms with Gasteiger partial charge in [-0.25, -0.2) is 0 Å². The second-order valence-electron chi connectivity index (χ2n) is 5.44. The molecule has 0 aliphatic carbocycles. The summed E-state index contributed by atoms with van der Waals surface area (Å²) < 4.78 is 5.32. The summed E-state index contributed by atoms with van der Waals surface area (Å²) in [7, 11) is 1.64. The molecule has 0 bridgehead atoms. The van der Waals surface area contributed by atoms with Crippen LogP contribution in [0.4, 0.5) is 11.4 Å². The molecule has 2 aromatic carbocycles. The topological polar surface area (TPSA) is 50.4 Å². The minimum Gasteiger partial charge on any atom is -0.495 e. The van der Waals surface area contributed by atoms with Gasteiger partial charge in [0.05, 0.1) is 12.8 Å². The zero-order valence-electron chi connectivity index (χ0n) is 14.0. The maximum atomic E-state index is 12.1. The summed E-state index contributed by atoms with van der Waals surface area (Å²) in [6.07, 6.45) is 1.30. The van der Waals surface area contributed by atoms with E-state index in [1.807, 2.05) is 49.4 Å². The molecule has 0 aromatic heterocycles. The van der Waals surface area contributed by atoms with Crippen LogP contribution in [-0.2, 0) is 11.2 Å². The summed E-state index contributed by atoms with van der Waals surface area (Å²) >= 11 is 0. The average molecular weight is 312 g/mol. The zero-order valence-corrected chi connectivity index (χ0v) is 14.0. The van der Waals surface area contributed by atoms with Crippen LogP contribution in [0.25, 0.3) is 0 Å². The van der Waals surface area contributed by atoms with E-state index in [-0.39, 0.29) is 5.91 Å². The largest absolute Gasteiger partial charge is 0.495 e. The monoisotopic (exact) mass is 312 g/mol. The molecule has 2 rings (SSSR count). The molecule has 0 aliphatic heterocycles. The maximum Gasteiger partial charge on any atom is 0.226 e. The van der Waals surface area contributed by atoms with E-state index in [0.717, 1.165) is 34.7 Å². The van der Waals surface area contributed by atoms with Crippen LogP contribution in [0.5, 0.6) is 5.75 Å². The molecule has 122 valence electrons. The Hall–Kier alpha value is -2.49. The minimum atomic E-state index is 0.00465. The van der Waals surface area contributed by atoms with E-state index in [1.165, 1.54) is 0 Å². The molecule has 0 unspecified atom stereocenters. The molecule has 0 heterocycles. The molecule has 0 atom stereocenters. The number of carbonyl (C=O) groups is 1. The number of nitrogens with one attached hydrogen (secondary N) is 2. The normalized spacial score (nSPS) is 10.2. The van der Waals surface area contributed by atoms with Gasteiger partial charge in [0.15, 0.2) is 0 Å². The summed E-state index contributed by atoms with van der Waals surface area (Å²) in [5.74, 6) is 0.789. The number of ether oxygens (including phenoxy) is 1. The molecule has 0 saturated carbocycles. The fourth-order valence-corrected chi connectivity index (χ4v) is 2.43. The Morgan fingerprint density at radius 1 is 1.13 bits per heavy atom. The fourth-order valence-electron chi connectivity index (χ4n) is 2.43. The highest BCUT2D eigenvalue weighted by Crippen LogP contribution is 2.25. The number of benzene rings is 2. The smallest absolute Gasteiger partial charge is 0.226 e. The minimum absolute atomic E-state index is 0.00465. The Morgan fingerprint density at radius 3 is 2.65 bits per heavy atom. The number of hydrogen-bond acceptors (Lipinski definition) is 3. The van der Waals surface area contributed by atoms with E-state index in [0.29, 0.717) is 13.0 Å². The number of rotatable bonds is 7. The van der Waals surface area contributed by atoms with Crippen molar-refractivity contribution in [3.8, 4) is 5.75 Å². The molecule has 4 heteroatoms. The summed E-state index contributed by atoms with van der Waals surface area (Å²) in [6, 6.07) is 13.8. The van der Waals surface area contributed by atoms with Crippen molar-refractivity contribution in [2.45, 2.75) is 26.7 Å². The van der Waals surface area contributed by atoms with Crippen LogP contribution in [-0.4, -0.2) is 19.6 Å². The first-order valence-corrected chi connectivity index (χ1v) is 7.90. The summed E-state index contributed by atoms with van der Waals surface area (Å²) in [5.41, 5.74) is 4.10. The molecule has 4 nitrogen and oxygen atoms in total. The van der Waals surface area contributed by atoms with Crippen LogP contribution in [0.15, 0.2) is 42.5 Å². The van der Waals surface area contributed by atoms with Crippen molar-refractivity contribution in [2.75, 3.05) is 24.3 Å². The number of aryl methyl sites for hydroxylation is 2. The zero-order chi connectivity index (χ0) is 16.7. The van der Waals surface area contributed by atoms with Gasteiger partial charge >= 0.3 is 0 Å². The van der Waals surface area contributed by atoms with Gasteiger partial charge in [-0.05, 0) is 42.7 Å². The van der Waals surface area contributed by atoms with Crippen LogP contribution in [0.3, 0.4) is 0 Å². The van der Waals surface area contributed by atoms with Gasteiger partial charge in [-0.15, -0.1) is 0 Å². The fraction of sp³-hybridized carbons (Fsp3) is 0.316. The molecule has 0 radical (unpaired) electrons. The van der Waals surface area contributed by atoms with E-state index < -0.39 is 0 Å². The van der Waals surface area contributed by atoms with Gasteiger partial charge in [-0.3, -0.25) is 4.79 Å². The van der Waals surface area contributed by atoms with E-state index in [9.17, 15) is 4.79 Å². The summed E-state index contributed by atoms with van der Waals surface area (Å²) in [4.78, 5) is 12.1. The number of hydrogen-bond donors (Lipinski definition) is 2. The van der Waals surface area contributed by atoms with Gasteiger partial charge in [-0.2, -0.15) is 0 Å². The van der Waals surface area contributed by atoms with E-state index in [4.69, 9.17) is 4.74 Å². The lowest BCUT2D eigenvalue weighted by Crippen LogP contribution is -2.17. The number of carbonyl (C=O) groups excluding carboxylic acids is 1. The molecule has 1 amide bonds. The third kappa shape index (κ3) is 4.74. The van der Waals surface area contributed by atoms with Gasteiger partial charge in [0.1, 0.15) is 5.75 Å². The molecule has 0 fully saturated rings. The highest BCUT2D eigenvalue weighted by atomic mass is 16.5. The second-order valence-corrected chi connectivity index (χ2v) is 5.44. The third-order valence-corrected chi connectivity index (χ3v) is 3.69. The van der Waals surface area contributed by atoms with Crippen LogP contribution < -0.4 is 15.4 Å². The van der Waals surface area contributed by atoms with Crippen LogP contribution in [0.2, 0.25) is 0 Å². The number of methoxy groups -OCH3 is 1. The van der Waals surface area contributed by atoms with Crippen molar-refractivity contribution < 1.29 is 9.53 Å². The average Bonchev–Trinajstić information content (AvgIpc) is 2.55. The Kier molecular flexibility index (Phi) is 6.03. The van der Waals surface area contributed by atoms with Gasteiger partial charge in [0, 0.05) is 18.7 Å². The van der Waals surface area contributed by atoms with Crippen molar-refractivity contribution in [3.63, 3.8) is 0 Å². The van der Waals surface area contributed by atoms with E-state index in [1.54, 1.807) is 7.11 Å². The van der Waals surface area contributed by atoms with Crippen LogP contribution in [0.1, 0.15) is 24.5 Å². The Morgan fingerprint density at radius 2 is 1.91 bits per heavy atom. The molecule has 2 aromatic rings. The predicted octanol–water partition coefficient (Wildman–Crippen LogP) is 4.01. The van der Waals surface area contributed by atoms with Crippen LogP contribution in [0, 0.1) is 6.92 Å². The lowest BCUT2D eigenvalue weighted by molar-refractivity contribution is -0.115. The Bertz CT molecular complexity index is 668. The van der Waals surface area contributed by atoms with Crippen LogP contribution >= 0.6 is 0 Å². The molecule has 0 spiro atoms. The number of amides is 1. The summed E-state index contributed by atoms with van der Waals surface area (Å²) in [6.45, 7) is 4.66. The second kappa shape index (κ2) is 8.22. The standard InChI is InChI=1S/C19H24N2O2/c1-4-15-7-5-6-8-16(15)21-19(22)11-12-20-17-13-14(2)9-10-18(17)23-3/h5-10,13,20H,4,11-12H2,1-3H3,(H,21,22). The molecular weight excluding hydrogens is 288 g/mol. The van der Waals surface area contributed by atoms with Gasteiger partial charge < -0.3 is 15.4 Å². The molecule has 2 N–H and O–H groups in total. The van der Waals surface area contributed by atoms with Gasteiger partial charge in [0.2, 0.25) is 5.91 Å². The summed E-state index contributed by atoms with van der Waals surface area (Å²) in [5, 5.41) is 6.24. The number of anilines is 2. The first-order chi connectivity index (χ1) is 11.1. The molecule has 0 aliphatic rings. The van der Waals surface area contributed by atoms with E-state index >= 15 is 0 Å². The van der Waals surface area contributed by atoms with Crippen molar-refractivity contribution in [2.24, 2.45) is 0 Å². The third-order valence-electron chi connectivity index (χ3n) is 3.69. The van der Waals surface area contributed by atoms with Crippen molar-refractivity contribution >= 4 is 17.3 Å². The first kappa shape index (κ1) is 16.9. The quantitative estimate of drug-likeness (QED) is 0.812. The lowest BCUT2D eigenvalue weighted by atomic mass is 10.1. The molecular formula is C19H24N2O2. The maximum absolute atomic E-state index is 12.1.